The van der Waals surface area contributed by atoms with Gasteiger partial charge in [-0.15, -0.1) is 0 Å². The molecule has 0 bridgehead atoms. The lowest BCUT2D eigenvalue weighted by molar-refractivity contribution is -0.870. The van der Waals surface area contributed by atoms with Gasteiger partial charge in [-0.3, -0.25) is 13.8 Å². The second-order valence-electron chi connectivity index (χ2n) is 20.3. The molecule has 9 heteroatoms. The fourth-order valence-corrected chi connectivity index (χ4v) is 9.01. The Morgan fingerprint density at radius 3 is 1.20 bits per heavy atom. The van der Waals surface area contributed by atoms with Crippen molar-refractivity contribution in [2.24, 2.45) is 0 Å². The van der Waals surface area contributed by atoms with E-state index in [0.717, 1.165) is 38.5 Å². The smallest absolute Gasteiger partial charge is 0.387 e. The van der Waals surface area contributed by atoms with Gasteiger partial charge in [-0.1, -0.05) is 244 Å². The van der Waals surface area contributed by atoms with E-state index in [1.807, 2.05) is 27.2 Å². The molecule has 0 aliphatic rings. The number of amides is 1. The Hall–Kier alpha value is -1.02. The van der Waals surface area contributed by atoms with E-state index in [4.69, 9.17) is 9.05 Å². The van der Waals surface area contributed by atoms with Crippen LogP contribution < -0.4 is 5.32 Å². The van der Waals surface area contributed by atoms with E-state index in [1.165, 1.54) is 212 Å². The summed E-state index contributed by atoms with van der Waals surface area (Å²) in [7, 11) is 1.58. The molecule has 0 saturated carbocycles. The summed E-state index contributed by atoms with van der Waals surface area (Å²) in [6.45, 7) is 4.81. The zero-order valence-electron chi connectivity index (χ0n) is 43.3. The maximum Gasteiger partial charge on any atom is 0.472 e. The summed E-state index contributed by atoms with van der Waals surface area (Å²) in [5, 5.41) is 13.8. The Morgan fingerprint density at radius 2 is 0.844 bits per heavy atom. The van der Waals surface area contributed by atoms with E-state index in [-0.39, 0.29) is 19.1 Å². The molecule has 0 heterocycles. The van der Waals surface area contributed by atoms with Gasteiger partial charge in [0, 0.05) is 6.42 Å². The topological polar surface area (TPSA) is 105 Å². The third-order valence-electron chi connectivity index (χ3n) is 12.7. The van der Waals surface area contributed by atoms with Crippen LogP contribution in [0.4, 0.5) is 0 Å². The van der Waals surface area contributed by atoms with Gasteiger partial charge in [-0.25, -0.2) is 4.57 Å². The van der Waals surface area contributed by atoms with Crippen LogP contribution in [0, 0.1) is 0 Å². The lowest BCUT2D eigenvalue weighted by atomic mass is 10.0. The highest BCUT2D eigenvalue weighted by atomic mass is 31.2. The number of phosphoric acid groups is 1. The van der Waals surface area contributed by atoms with Crippen molar-refractivity contribution < 1.29 is 32.9 Å². The Labute approximate surface area is 398 Å². The third kappa shape index (κ3) is 48.9. The zero-order valence-corrected chi connectivity index (χ0v) is 44.2. The number of likely N-dealkylation sites (N-methyl/N-ethyl adjacent to an activating group) is 1. The Balaban J connectivity index is 3.90. The molecule has 3 N–H and O–H groups in total. The maximum absolute atomic E-state index is 12.9. The molecule has 380 valence electrons. The van der Waals surface area contributed by atoms with Crippen LogP contribution in [0.3, 0.4) is 0 Å². The zero-order chi connectivity index (χ0) is 47.1. The molecular formula is C55H110N2O6P+. The first kappa shape index (κ1) is 63.0. The van der Waals surface area contributed by atoms with Gasteiger partial charge in [0.05, 0.1) is 39.9 Å². The van der Waals surface area contributed by atoms with E-state index in [9.17, 15) is 19.4 Å². The lowest BCUT2D eigenvalue weighted by Crippen LogP contribution is -2.45. The average molecular weight is 926 g/mol. The van der Waals surface area contributed by atoms with Gasteiger partial charge in [-0.2, -0.15) is 0 Å². The van der Waals surface area contributed by atoms with Crippen LogP contribution in [-0.4, -0.2) is 73.4 Å². The molecule has 8 nitrogen and oxygen atoms in total. The number of hydrogen-bond donors (Lipinski definition) is 3. The average Bonchev–Trinajstić information content (AvgIpc) is 3.25. The number of nitrogens with one attached hydrogen (secondary N) is 1. The number of carbonyl (C=O) groups excluding carboxylic acids is 1. The van der Waals surface area contributed by atoms with E-state index >= 15 is 0 Å². The van der Waals surface area contributed by atoms with E-state index in [0.29, 0.717) is 17.4 Å². The standard InChI is InChI=1S/C55H109N2O6P/c1-6-8-10-12-14-16-17-18-19-20-21-22-23-24-25-26-27-28-29-30-31-32-33-34-35-36-37-38-39-41-43-45-47-49-55(59)56-53(52-63-64(60,61)62-51-50-57(3,4)5)54(58)48-46-44-42-40-15-13-11-9-7-2/h24-25,46,48,53-54,58H,6-23,26-45,47,49-52H2,1-5H3,(H-,56,59,60,61)/p+1/b25-24-,48-46+. The van der Waals surface area contributed by atoms with Crippen LogP contribution in [-0.2, 0) is 18.4 Å². The van der Waals surface area contributed by atoms with Crippen molar-refractivity contribution >= 4 is 13.7 Å². The highest BCUT2D eigenvalue weighted by molar-refractivity contribution is 7.47. The first-order valence-electron chi connectivity index (χ1n) is 27.7. The molecule has 0 aromatic carbocycles. The second kappa shape index (κ2) is 47.1. The number of nitrogens with zero attached hydrogens (tertiary/aromatic N) is 1. The van der Waals surface area contributed by atoms with Crippen molar-refractivity contribution in [1.82, 2.24) is 5.32 Å². The first-order chi connectivity index (χ1) is 31.0. The molecular weight excluding hydrogens is 816 g/mol. The molecule has 3 unspecified atom stereocenters. The Kier molecular flexibility index (Phi) is 46.3. The molecule has 64 heavy (non-hydrogen) atoms. The summed E-state index contributed by atoms with van der Waals surface area (Å²) >= 11 is 0. The lowest BCUT2D eigenvalue weighted by Gasteiger charge is -2.25. The molecule has 0 fully saturated rings. The molecule has 0 aliphatic carbocycles. The van der Waals surface area contributed by atoms with E-state index in [2.05, 4.69) is 31.3 Å². The molecule has 0 aliphatic heterocycles. The van der Waals surface area contributed by atoms with Crippen LogP contribution in [0.1, 0.15) is 271 Å². The van der Waals surface area contributed by atoms with Crippen molar-refractivity contribution in [2.75, 3.05) is 40.9 Å². The van der Waals surface area contributed by atoms with E-state index < -0.39 is 20.0 Å². The van der Waals surface area contributed by atoms with Crippen molar-refractivity contribution in [3.05, 3.63) is 24.3 Å². The van der Waals surface area contributed by atoms with Gasteiger partial charge >= 0.3 is 7.82 Å². The molecule has 3 atom stereocenters. The monoisotopic (exact) mass is 926 g/mol. The molecule has 0 aromatic rings. The van der Waals surface area contributed by atoms with Crippen LogP contribution in [0.5, 0.6) is 0 Å². The van der Waals surface area contributed by atoms with Crippen molar-refractivity contribution in [3.63, 3.8) is 0 Å². The van der Waals surface area contributed by atoms with Gasteiger partial charge in [0.15, 0.2) is 0 Å². The third-order valence-corrected chi connectivity index (χ3v) is 13.6. The van der Waals surface area contributed by atoms with Crippen LogP contribution in [0.15, 0.2) is 24.3 Å². The summed E-state index contributed by atoms with van der Waals surface area (Å²) in [5.41, 5.74) is 0. The predicted molar refractivity (Wildman–Crippen MR) is 277 cm³/mol. The number of aliphatic hydroxyl groups is 1. The Bertz CT molecular complexity index is 1090. The molecule has 0 saturated heterocycles. The number of quaternary nitrogens is 1. The predicted octanol–water partition coefficient (Wildman–Crippen LogP) is 16.4. The summed E-state index contributed by atoms with van der Waals surface area (Å²) in [6, 6.07) is -0.841. The molecule has 0 spiro atoms. The second-order valence-corrected chi connectivity index (χ2v) is 21.8. The quantitative estimate of drug-likeness (QED) is 0.0243. The highest BCUT2D eigenvalue weighted by Crippen LogP contribution is 2.43. The number of aliphatic hydroxyl groups excluding tert-OH is 1. The van der Waals surface area contributed by atoms with Crippen molar-refractivity contribution in [3.8, 4) is 0 Å². The fraction of sp³-hybridized carbons (Fsp3) is 0.909. The summed E-state index contributed by atoms with van der Waals surface area (Å²) in [6.07, 6.45) is 58.8. The van der Waals surface area contributed by atoms with Crippen molar-refractivity contribution in [1.29, 1.82) is 0 Å². The van der Waals surface area contributed by atoms with Crippen LogP contribution in [0.25, 0.3) is 0 Å². The molecule has 0 radical (unpaired) electrons. The minimum Gasteiger partial charge on any atom is -0.387 e. The minimum absolute atomic E-state index is 0.0632. The summed E-state index contributed by atoms with van der Waals surface area (Å²) in [5.74, 6) is -0.176. The summed E-state index contributed by atoms with van der Waals surface area (Å²) in [4.78, 5) is 23.1. The van der Waals surface area contributed by atoms with Gasteiger partial charge in [0.25, 0.3) is 0 Å². The first-order valence-corrected chi connectivity index (χ1v) is 29.2. The number of rotatable bonds is 51. The number of hydrogen-bond acceptors (Lipinski definition) is 5. The SMILES string of the molecule is CCCCCCCCC/C=C/C(O)C(COP(=O)(O)OCC[N+](C)(C)C)NC(=O)CCCCCCCCCCCCCCCCCCC/C=C\CCCCCCCCCCCCCC. The number of carbonyl (C=O) groups is 1. The normalized spacial score (nSPS) is 14.2. The van der Waals surface area contributed by atoms with Crippen LogP contribution >= 0.6 is 7.82 Å². The number of phosphoric ester groups is 1. The Morgan fingerprint density at radius 1 is 0.516 bits per heavy atom. The number of unbranched alkanes of at least 4 members (excludes halogenated alkanes) is 36. The largest absolute Gasteiger partial charge is 0.472 e. The van der Waals surface area contributed by atoms with E-state index in [1.54, 1.807) is 6.08 Å². The number of allylic oxidation sites excluding steroid dienone is 3. The highest BCUT2D eigenvalue weighted by Gasteiger charge is 2.27. The molecule has 0 aromatic heterocycles. The summed E-state index contributed by atoms with van der Waals surface area (Å²) < 4.78 is 23.6. The van der Waals surface area contributed by atoms with Gasteiger partial charge in [-0.05, 0) is 44.9 Å². The van der Waals surface area contributed by atoms with Crippen molar-refractivity contribution in [2.45, 2.75) is 283 Å². The van der Waals surface area contributed by atoms with Gasteiger partial charge < -0.3 is 19.8 Å². The van der Waals surface area contributed by atoms with Crippen LogP contribution in [0.2, 0.25) is 0 Å². The molecule has 0 rings (SSSR count). The van der Waals surface area contributed by atoms with Gasteiger partial charge in [0.1, 0.15) is 13.2 Å². The fourth-order valence-electron chi connectivity index (χ4n) is 8.27. The molecule has 1 amide bonds. The maximum atomic E-state index is 12.9. The van der Waals surface area contributed by atoms with Gasteiger partial charge in [0.2, 0.25) is 5.91 Å². The minimum atomic E-state index is -4.33.